The Morgan fingerprint density at radius 1 is 1.27 bits per heavy atom. The molecule has 0 aliphatic heterocycles. The van der Waals surface area contributed by atoms with Crippen LogP contribution < -0.4 is 0 Å². The van der Waals surface area contributed by atoms with E-state index in [-0.39, 0.29) is 64.1 Å². The first-order chi connectivity index (χ1) is 4.43. The molecule has 1 nitrogen and oxygen atoms in total. The van der Waals surface area contributed by atoms with Gasteiger partial charge in [0.1, 0.15) is 0 Å². The Kier molecular flexibility index (Phi) is 11.1. The van der Waals surface area contributed by atoms with Gasteiger partial charge in [0, 0.05) is 0 Å². The molecule has 0 atom stereocenters. The molecule has 1 rings (SSSR count). The predicted molar refractivity (Wildman–Crippen MR) is 51.0 cm³/mol. The molecular weight excluding hydrogens is 283 g/mol. The summed E-state index contributed by atoms with van der Waals surface area (Å²) in [6.45, 7) is 0. The Bertz CT molecular complexity index is 225. The predicted octanol–water partition coefficient (Wildman–Crippen LogP) is 2.02. The third-order valence-corrected chi connectivity index (χ3v) is 1.13. The van der Waals surface area contributed by atoms with Crippen LogP contribution in [0.3, 0.4) is 0 Å². The molecule has 1 aromatic rings. The van der Waals surface area contributed by atoms with Crippen LogP contribution in [-0.2, 0) is 6.42 Å². The maximum atomic E-state index is 8.27. The van der Waals surface area contributed by atoms with Gasteiger partial charge in [-0.2, -0.15) is 5.26 Å². The van der Waals surface area contributed by atoms with E-state index in [0.717, 1.165) is 5.56 Å². The Balaban J connectivity index is -0.000000101. The van der Waals surface area contributed by atoms with Crippen LogP contribution in [0.1, 0.15) is 8.42 Å². The molecule has 0 bridgehead atoms. The second-order valence-electron chi connectivity index (χ2n) is 1.82. The first kappa shape index (κ1) is 14.1. The van der Waals surface area contributed by atoms with Crippen molar-refractivity contribution in [2.24, 2.45) is 0 Å². The van der Waals surface area contributed by atoms with Crippen molar-refractivity contribution in [3.05, 3.63) is 35.9 Å². The molecule has 0 N–H and O–H groups in total. The van der Waals surface area contributed by atoms with Crippen molar-refractivity contribution in [3.63, 3.8) is 0 Å². The largest absolute Gasteiger partial charge is 2.00 e. The summed E-state index contributed by atoms with van der Waals surface area (Å²) < 4.78 is 0. The van der Waals surface area contributed by atoms with E-state index in [1.165, 1.54) is 0 Å². The van der Waals surface area contributed by atoms with Gasteiger partial charge in [-0.05, 0) is 5.56 Å². The van der Waals surface area contributed by atoms with Crippen LogP contribution in [0.5, 0.6) is 0 Å². The van der Waals surface area contributed by atoms with Crippen molar-refractivity contribution in [2.45, 2.75) is 6.42 Å². The maximum Gasteiger partial charge on any atom is 2.00 e. The molecule has 0 aliphatic carbocycles. The van der Waals surface area contributed by atoms with Crippen LogP contribution in [0, 0.1) is 11.3 Å². The van der Waals surface area contributed by atoms with Gasteiger partial charge in [-0.3, -0.25) is 0 Å². The fourth-order valence-corrected chi connectivity index (χ4v) is 0.687. The average Bonchev–Trinajstić information content (AvgIpc) is 1.91. The summed E-state index contributed by atoms with van der Waals surface area (Å²) in [5, 5.41) is 8.27. The Hall–Kier alpha value is 0.571. The third kappa shape index (κ3) is 5.80. The van der Waals surface area contributed by atoms with Gasteiger partial charge < -0.3 is 2.85 Å². The molecule has 11 heavy (non-hydrogen) atoms. The molecule has 0 spiro atoms. The molecule has 0 unspecified atom stereocenters. The molecule has 0 saturated carbocycles. The number of rotatable bonds is 1. The molecule has 0 heterocycles. The van der Waals surface area contributed by atoms with Crippen LogP contribution in [0.15, 0.2) is 30.3 Å². The average molecular weight is 293 g/mol. The van der Waals surface area contributed by atoms with E-state index in [9.17, 15) is 0 Å². The maximum absolute atomic E-state index is 8.27. The number of halogens is 1. The summed E-state index contributed by atoms with van der Waals surface area (Å²) in [6.07, 6.45) is 0.515. The zero-order chi connectivity index (χ0) is 6.53. The molecule has 0 saturated heterocycles. The molecule has 0 fully saturated rings. The number of nitrogens with zero attached hydrogens (tertiary/aromatic N) is 1. The standard InChI is InChI=1S/C8H7N.Ba.ClH.2H/c9-7-6-8-4-2-1-3-5-8;;;;/h1-5H,6H2;;1H;;/q;+2;;2*-1. The van der Waals surface area contributed by atoms with E-state index in [1.54, 1.807) is 0 Å². The monoisotopic (exact) mass is 293 g/mol. The van der Waals surface area contributed by atoms with Crippen LogP contribution in [0.2, 0.25) is 0 Å². The Labute approximate surface area is 116 Å². The van der Waals surface area contributed by atoms with Gasteiger partial charge in [0.25, 0.3) is 0 Å². The van der Waals surface area contributed by atoms with E-state index in [1.807, 2.05) is 30.3 Å². The molecule has 0 amide bonds. The first-order valence-electron chi connectivity index (χ1n) is 2.84. The minimum absolute atomic E-state index is 0. The molecule has 0 aliphatic rings. The van der Waals surface area contributed by atoms with Crippen molar-refractivity contribution in [3.8, 4) is 6.07 Å². The second-order valence-corrected chi connectivity index (χ2v) is 1.82. The number of benzene rings is 1. The minimum atomic E-state index is 0. The summed E-state index contributed by atoms with van der Waals surface area (Å²) in [5.41, 5.74) is 1.08. The summed E-state index contributed by atoms with van der Waals surface area (Å²) in [6, 6.07) is 11.8. The van der Waals surface area contributed by atoms with Gasteiger partial charge in [0.15, 0.2) is 0 Å². The summed E-state index contributed by atoms with van der Waals surface area (Å²) >= 11 is 0. The van der Waals surface area contributed by atoms with Crippen molar-refractivity contribution in [1.29, 1.82) is 5.26 Å². The fraction of sp³-hybridized carbons (Fsp3) is 0.125. The molecule has 0 aromatic heterocycles. The smallest absolute Gasteiger partial charge is 1.00 e. The number of nitriles is 1. The summed E-state index contributed by atoms with van der Waals surface area (Å²) in [4.78, 5) is 0. The molecule has 56 valence electrons. The Morgan fingerprint density at radius 3 is 2.27 bits per heavy atom. The summed E-state index contributed by atoms with van der Waals surface area (Å²) in [7, 11) is 0. The third-order valence-electron chi connectivity index (χ3n) is 1.13. The van der Waals surface area contributed by atoms with E-state index < -0.39 is 0 Å². The van der Waals surface area contributed by atoms with Gasteiger partial charge in [0.2, 0.25) is 0 Å². The second kappa shape index (κ2) is 8.67. The van der Waals surface area contributed by atoms with E-state index in [0.29, 0.717) is 6.42 Å². The molecule has 3 heteroatoms. The van der Waals surface area contributed by atoms with E-state index in [2.05, 4.69) is 6.07 Å². The van der Waals surface area contributed by atoms with Crippen LogP contribution in [-0.4, -0.2) is 48.9 Å². The van der Waals surface area contributed by atoms with Crippen molar-refractivity contribution < 1.29 is 2.85 Å². The van der Waals surface area contributed by atoms with Gasteiger partial charge in [0.05, 0.1) is 12.5 Å². The van der Waals surface area contributed by atoms with E-state index in [4.69, 9.17) is 5.26 Å². The quantitative estimate of drug-likeness (QED) is 0.727. The van der Waals surface area contributed by atoms with Crippen molar-refractivity contribution >= 4 is 61.3 Å². The molecule has 1 aromatic carbocycles. The zero-order valence-electron chi connectivity index (χ0n) is 8.16. The Morgan fingerprint density at radius 2 is 1.82 bits per heavy atom. The fourth-order valence-electron chi connectivity index (χ4n) is 0.687. The number of hydrogen-bond acceptors (Lipinski definition) is 1. The topological polar surface area (TPSA) is 23.8 Å². The first-order valence-corrected chi connectivity index (χ1v) is 2.84. The zero-order valence-corrected chi connectivity index (χ0v) is 11.4. The van der Waals surface area contributed by atoms with Crippen LogP contribution >= 0.6 is 12.4 Å². The van der Waals surface area contributed by atoms with E-state index >= 15 is 0 Å². The van der Waals surface area contributed by atoms with Gasteiger partial charge in [-0.1, -0.05) is 30.3 Å². The minimum Gasteiger partial charge on any atom is -1.00 e. The molecular formula is C8H10BaClN. The normalized spacial score (nSPS) is 6.82. The van der Waals surface area contributed by atoms with Crippen molar-refractivity contribution in [1.82, 2.24) is 0 Å². The van der Waals surface area contributed by atoms with Crippen LogP contribution in [0.4, 0.5) is 0 Å². The summed E-state index contributed by atoms with van der Waals surface area (Å²) in [5.74, 6) is 0. The van der Waals surface area contributed by atoms with Gasteiger partial charge in [-0.15, -0.1) is 12.4 Å². The number of hydrogen-bond donors (Lipinski definition) is 0. The van der Waals surface area contributed by atoms with Crippen LogP contribution in [0.25, 0.3) is 0 Å². The molecule has 0 radical (unpaired) electrons. The van der Waals surface area contributed by atoms with Gasteiger partial charge >= 0.3 is 48.9 Å². The van der Waals surface area contributed by atoms with Gasteiger partial charge in [-0.25, -0.2) is 0 Å². The van der Waals surface area contributed by atoms with Crippen molar-refractivity contribution in [2.75, 3.05) is 0 Å². The SMILES string of the molecule is Cl.N#CCc1ccccc1.[Ba+2].[H-].[H-].